The number of hydrogen-bond acceptors (Lipinski definition) is 2. The molecule has 3 nitrogen and oxygen atoms in total. The normalized spacial score (nSPS) is 12.5. The van der Waals surface area contributed by atoms with Gasteiger partial charge in [0, 0.05) is 6.54 Å². The molecule has 112 valence electrons. The molecule has 1 atom stereocenters. The van der Waals surface area contributed by atoms with E-state index in [1.54, 1.807) is 6.07 Å². The standard InChI is InChI=1S/C16H25FN2O/c1-11(2)10-19-16(20)13(4)18-8-7-14-5-6-15(17)9-12(14)3/h5-6,9,11,13,18H,7-8,10H2,1-4H3,(H,19,20). The van der Waals surface area contributed by atoms with E-state index in [2.05, 4.69) is 24.5 Å². The first kappa shape index (κ1) is 16.6. The molecule has 0 spiro atoms. The van der Waals surface area contributed by atoms with Crippen molar-refractivity contribution in [1.82, 2.24) is 10.6 Å². The Kier molecular flexibility index (Phi) is 6.65. The Balaban J connectivity index is 2.34. The van der Waals surface area contributed by atoms with Gasteiger partial charge in [0.1, 0.15) is 5.82 Å². The molecule has 1 rings (SSSR count). The molecule has 0 aromatic heterocycles. The minimum Gasteiger partial charge on any atom is -0.354 e. The third-order valence-corrected chi connectivity index (χ3v) is 3.23. The Bertz CT molecular complexity index is 446. The summed E-state index contributed by atoms with van der Waals surface area (Å²) in [6.07, 6.45) is 0.786. The molecular weight excluding hydrogens is 255 g/mol. The van der Waals surface area contributed by atoms with Gasteiger partial charge in [-0.25, -0.2) is 4.39 Å². The van der Waals surface area contributed by atoms with Crippen molar-refractivity contribution in [2.24, 2.45) is 5.92 Å². The maximum atomic E-state index is 13.0. The second-order valence-corrected chi connectivity index (χ2v) is 5.64. The van der Waals surface area contributed by atoms with E-state index in [0.29, 0.717) is 19.0 Å². The summed E-state index contributed by atoms with van der Waals surface area (Å²) in [5.41, 5.74) is 2.05. The quantitative estimate of drug-likeness (QED) is 0.805. The van der Waals surface area contributed by atoms with Crippen molar-refractivity contribution in [2.75, 3.05) is 13.1 Å². The summed E-state index contributed by atoms with van der Waals surface area (Å²) in [5.74, 6) is 0.267. The van der Waals surface area contributed by atoms with E-state index in [1.165, 1.54) is 12.1 Å². The highest BCUT2D eigenvalue weighted by Crippen LogP contribution is 2.10. The van der Waals surface area contributed by atoms with Gasteiger partial charge in [-0.15, -0.1) is 0 Å². The number of rotatable bonds is 7. The molecule has 0 radical (unpaired) electrons. The maximum absolute atomic E-state index is 13.0. The first-order valence-electron chi connectivity index (χ1n) is 7.16. The molecule has 0 saturated heterocycles. The number of aryl methyl sites for hydroxylation is 1. The molecule has 0 bridgehead atoms. The van der Waals surface area contributed by atoms with Gasteiger partial charge in [0.15, 0.2) is 0 Å². The Labute approximate surface area is 121 Å². The van der Waals surface area contributed by atoms with Gasteiger partial charge in [-0.05, 0) is 56.0 Å². The largest absolute Gasteiger partial charge is 0.354 e. The number of carbonyl (C=O) groups excluding carboxylic acids is 1. The molecule has 1 unspecified atom stereocenters. The van der Waals surface area contributed by atoms with Gasteiger partial charge in [0.05, 0.1) is 6.04 Å². The summed E-state index contributed by atoms with van der Waals surface area (Å²) in [6, 6.07) is 4.60. The number of nitrogens with one attached hydrogen (secondary N) is 2. The van der Waals surface area contributed by atoms with Crippen molar-refractivity contribution in [3.05, 3.63) is 35.1 Å². The molecule has 1 aromatic rings. The van der Waals surface area contributed by atoms with E-state index >= 15 is 0 Å². The average molecular weight is 280 g/mol. The number of carbonyl (C=O) groups is 1. The molecular formula is C16H25FN2O. The molecule has 0 heterocycles. The average Bonchev–Trinajstić information content (AvgIpc) is 2.38. The molecule has 0 aliphatic carbocycles. The van der Waals surface area contributed by atoms with Crippen molar-refractivity contribution in [1.29, 1.82) is 0 Å². The summed E-state index contributed by atoms with van der Waals surface area (Å²) in [6.45, 7) is 9.28. The zero-order valence-electron chi connectivity index (χ0n) is 12.8. The van der Waals surface area contributed by atoms with Crippen LogP contribution in [0.25, 0.3) is 0 Å². The highest BCUT2D eigenvalue weighted by Gasteiger charge is 2.11. The van der Waals surface area contributed by atoms with Crippen molar-refractivity contribution in [2.45, 2.75) is 40.2 Å². The van der Waals surface area contributed by atoms with Gasteiger partial charge in [-0.1, -0.05) is 19.9 Å². The highest BCUT2D eigenvalue weighted by molar-refractivity contribution is 5.81. The highest BCUT2D eigenvalue weighted by atomic mass is 19.1. The fraction of sp³-hybridized carbons (Fsp3) is 0.562. The van der Waals surface area contributed by atoms with Crippen LogP contribution in [0.4, 0.5) is 4.39 Å². The van der Waals surface area contributed by atoms with Crippen LogP contribution in [0, 0.1) is 18.7 Å². The smallest absolute Gasteiger partial charge is 0.236 e. The molecule has 1 aromatic carbocycles. The SMILES string of the molecule is Cc1cc(F)ccc1CCNC(C)C(=O)NCC(C)C. The van der Waals surface area contributed by atoms with Crippen LogP contribution < -0.4 is 10.6 Å². The third-order valence-electron chi connectivity index (χ3n) is 3.23. The molecule has 0 fully saturated rings. The number of amides is 1. The van der Waals surface area contributed by atoms with Crippen LogP contribution >= 0.6 is 0 Å². The molecule has 1 amide bonds. The zero-order valence-corrected chi connectivity index (χ0v) is 12.8. The van der Waals surface area contributed by atoms with Gasteiger partial charge >= 0.3 is 0 Å². The minimum absolute atomic E-state index is 0.0227. The Morgan fingerprint density at radius 3 is 2.60 bits per heavy atom. The van der Waals surface area contributed by atoms with Gasteiger partial charge in [-0.3, -0.25) is 4.79 Å². The first-order valence-corrected chi connectivity index (χ1v) is 7.16. The lowest BCUT2D eigenvalue weighted by Crippen LogP contribution is -2.43. The van der Waals surface area contributed by atoms with Crippen molar-refractivity contribution in [3.63, 3.8) is 0 Å². The van der Waals surface area contributed by atoms with Crippen LogP contribution in [0.15, 0.2) is 18.2 Å². The first-order chi connectivity index (χ1) is 9.40. The Morgan fingerprint density at radius 1 is 1.30 bits per heavy atom. The summed E-state index contributed by atoms with van der Waals surface area (Å²) in [4.78, 5) is 11.8. The van der Waals surface area contributed by atoms with E-state index in [4.69, 9.17) is 0 Å². The predicted molar refractivity (Wildman–Crippen MR) is 80.2 cm³/mol. The van der Waals surface area contributed by atoms with E-state index in [-0.39, 0.29) is 17.8 Å². The second-order valence-electron chi connectivity index (χ2n) is 5.64. The lowest BCUT2D eigenvalue weighted by molar-refractivity contribution is -0.122. The van der Waals surface area contributed by atoms with Crippen LogP contribution in [-0.2, 0) is 11.2 Å². The molecule has 0 aliphatic rings. The number of halogens is 1. The summed E-state index contributed by atoms with van der Waals surface area (Å²) < 4.78 is 13.0. The lowest BCUT2D eigenvalue weighted by Gasteiger charge is -2.15. The molecule has 2 N–H and O–H groups in total. The maximum Gasteiger partial charge on any atom is 0.236 e. The third kappa shape index (κ3) is 5.70. The van der Waals surface area contributed by atoms with E-state index in [0.717, 1.165) is 17.5 Å². The van der Waals surface area contributed by atoms with Crippen LogP contribution in [0.2, 0.25) is 0 Å². The monoisotopic (exact) mass is 280 g/mol. The van der Waals surface area contributed by atoms with E-state index < -0.39 is 0 Å². The Hall–Kier alpha value is -1.42. The summed E-state index contributed by atoms with van der Waals surface area (Å²) >= 11 is 0. The van der Waals surface area contributed by atoms with Gasteiger partial charge in [0.2, 0.25) is 5.91 Å². The number of hydrogen-bond donors (Lipinski definition) is 2. The number of benzene rings is 1. The molecule has 0 aliphatic heterocycles. The molecule has 4 heteroatoms. The van der Waals surface area contributed by atoms with Crippen LogP contribution in [0.5, 0.6) is 0 Å². The van der Waals surface area contributed by atoms with Gasteiger partial charge in [-0.2, -0.15) is 0 Å². The minimum atomic E-state index is -0.213. The zero-order chi connectivity index (χ0) is 15.1. The van der Waals surface area contributed by atoms with Crippen LogP contribution in [0.1, 0.15) is 31.9 Å². The fourth-order valence-corrected chi connectivity index (χ4v) is 1.91. The van der Waals surface area contributed by atoms with Crippen LogP contribution in [-0.4, -0.2) is 25.0 Å². The van der Waals surface area contributed by atoms with Crippen molar-refractivity contribution >= 4 is 5.91 Å². The second kappa shape index (κ2) is 8.00. The van der Waals surface area contributed by atoms with Gasteiger partial charge in [0.25, 0.3) is 0 Å². The van der Waals surface area contributed by atoms with Crippen LogP contribution in [0.3, 0.4) is 0 Å². The van der Waals surface area contributed by atoms with E-state index in [9.17, 15) is 9.18 Å². The summed E-state index contributed by atoms with van der Waals surface area (Å²) in [7, 11) is 0. The van der Waals surface area contributed by atoms with Gasteiger partial charge < -0.3 is 10.6 Å². The fourth-order valence-electron chi connectivity index (χ4n) is 1.91. The van der Waals surface area contributed by atoms with Crippen molar-refractivity contribution < 1.29 is 9.18 Å². The topological polar surface area (TPSA) is 41.1 Å². The molecule has 20 heavy (non-hydrogen) atoms. The van der Waals surface area contributed by atoms with E-state index in [1.807, 2.05) is 13.8 Å². The van der Waals surface area contributed by atoms with Crippen molar-refractivity contribution in [3.8, 4) is 0 Å². The summed E-state index contributed by atoms with van der Waals surface area (Å²) in [5, 5.41) is 6.09. The molecule has 0 saturated carbocycles. The Morgan fingerprint density at radius 2 is 2.00 bits per heavy atom. The lowest BCUT2D eigenvalue weighted by atomic mass is 10.1. The predicted octanol–water partition coefficient (Wildman–Crippen LogP) is 2.43.